The van der Waals surface area contributed by atoms with Crippen LogP contribution in [0.3, 0.4) is 0 Å². The Morgan fingerprint density at radius 1 is 1.44 bits per heavy atom. The van der Waals surface area contributed by atoms with Crippen LogP contribution in [0.2, 0.25) is 0 Å². The van der Waals surface area contributed by atoms with Crippen molar-refractivity contribution in [3.63, 3.8) is 0 Å². The molecule has 0 spiro atoms. The molecule has 0 atom stereocenters. The van der Waals surface area contributed by atoms with Crippen LogP contribution in [-0.4, -0.2) is 27.7 Å². The van der Waals surface area contributed by atoms with Gasteiger partial charge >= 0.3 is 5.97 Å². The molecule has 1 N–H and O–H groups in total. The molecule has 0 bridgehead atoms. The third-order valence-electron chi connectivity index (χ3n) is 2.78. The Bertz CT molecular complexity index is 548. The van der Waals surface area contributed by atoms with E-state index in [0.29, 0.717) is 19.6 Å². The maximum atomic E-state index is 10.6. The summed E-state index contributed by atoms with van der Waals surface area (Å²) in [5.74, 6) is 0.0665. The van der Waals surface area contributed by atoms with Crippen molar-refractivity contribution < 1.29 is 14.6 Å². The van der Waals surface area contributed by atoms with Crippen LogP contribution in [0.15, 0.2) is 24.3 Å². The Kier molecular flexibility index (Phi) is 3.94. The summed E-state index contributed by atoms with van der Waals surface area (Å²) in [6.45, 7) is 1.08. The molecule has 0 fully saturated rings. The van der Waals surface area contributed by atoms with Gasteiger partial charge in [-0.05, 0) is 18.6 Å². The molecule has 0 aliphatic heterocycles. The first-order valence-electron chi connectivity index (χ1n) is 5.87. The van der Waals surface area contributed by atoms with Crippen molar-refractivity contribution in [2.24, 2.45) is 0 Å². The van der Waals surface area contributed by atoms with Crippen LogP contribution < -0.4 is 0 Å². The molecule has 96 valence electrons. The van der Waals surface area contributed by atoms with Gasteiger partial charge < -0.3 is 14.4 Å². The predicted octanol–water partition coefficient (Wildman–Crippen LogP) is 2.05. The van der Waals surface area contributed by atoms with Crippen LogP contribution in [0.5, 0.6) is 0 Å². The molecule has 0 aliphatic rings. The van der Waals surface area contributed by atoms with Gasteiger partial charge in [0.15, 0.2) is 0 Å². The maximum absolute atomic E-state index is 10.6. The van der Waals surface area contributed by atoms with E-state index in [-0.39, 0.29) is 6.42 Å². The third kappa shape index (κ3) is 2.68. The molecule has 2 aromatic rings. The Morgan fingerprint density at radius 2 is 2.22 bits per heavy atom. The Morgan fingerprint density at radius 3 is 2.94 bits per heavy atom. The highest BCUT2D eigenvalue weighted by molar-refractivity contribution is 5.75. The number of methoxy groups -OCH3 is 1. The van der Waals surface area contributed by atoms with Gasteiger partial charge in [-0.2, -0.15) is 0 Å². The predicted molar refractivity (Wildman–Crippen MR) is 67.3 cm³/mol. The van der Waals surface area contributed by atoms with Gasteiger partial charge in [-0.1, -0.05) is 12.1 Å². The topological polar surface area (TPSA) is 64.4 Å². The number of imidazole rings is 1. The van der Waals surface area contributed by atoms with Crippen molar-refractivity contribution in [3.8, 4) is 0 Å². The maximum Gasteiger partial charge on any atom is 0.303 e. The summed E-state index contributed by atoms with van der Waals surface area (Å²) < 4.78 is 7.16. The lowest BCUT2D eigenvalue weighted by Gasteiger charge is -2.07. The first-order valence-corrected chi connectivity index (χ1v) is 5.87. The quantitative estimate of drug-likeness (QED) is 0.849. The summed E-state index contributed by atoms with van der Waals surface area (Å²) in [6, 6.07) is 7.83. The Labute approximate surface area is 105 Å². The molecule has 0 saturated carbocycles. The lowest BCUT2D eigenvalue weighted by atomic mass is 10.3. The molecule has 1 heterocycles. The monoisotopic (exact) mass is 248 g/mol. The molecule has 0 saturated heterocycles. The first-order chi connectivity index (χ1) is 8.72. The molecule has 0 unspecified atom stereocenters. The van der Waals surface area contributed by atoms with Crippen molar-refractivity contribution in [2.75, 3.05) is 7.11 Å². The van der Waals surface area contributed by atoms with E-state index in [0.717, 1.165) is 16.9 Å². The zero-order valence-corrected chi connectivity index (χ0v) is 10.3. The number of carboxylic acid groups (broad SMARTS) is 1. The Balaban J connectivity index is 2.26. The van der Waals surface area contributed by atoms with Gasteiger partial charge in [-0.15, -0.1) is 0 Å². The van der Waals surface area contributed by atoms with E-state index in [1.54, 1.807) is 7.11 Å². The summed E-state index contributed by atoms with van der Waals surface area (Å²) in [5, 5.41) is 8.68. The van der Waals surface area contributed by atoms with Gasteiger partial charge in [-0.25, -0.2) is 4.98 Å². The minimum atomic E-state index is -0.771. The molecule has 1 aromatic heterocycles. The minimum absolute atomic E-state index is 0.166. The molecular formula is C13H16N2O3. The Hall–Kier alpha value is -1.88. The van der Waals surface area contributed by atoms with Gasteiger partial charge in [0, 0.05) is 20.1 Å². The highest BCUT2D eigenvalue weighted by Gasteiger charge is 2.10. The first kappa shape index (κ1) is 12.6. The number of carboxylic acids is 1. The number of hydrogen-bond donors (Lipinski definition) is 1. The van der Waals surface area contributed by atoms with Crippen LogP contribution in [0.25, 0.3) is 11.0 Å². The standard InChI is InChI=1S/C13H16N2O3/c1-18-9-12-14-10-5-2-3-6-11(10)15(12)8-4-7-13(16)17/h2-3,5-6H,4,7-9H2,1H3,(H,16,17). The molecule has 5 nitrogen and oxygen atoms in total. The highest BCUT2D eigenvalue weighted by atomic mass is 16.5. The number of hydrogen-bond acceptors (Lipinski definition) is 3. The number of nitrogens with zero attached hydrogens (tertiary/aromatic N) is 2. The largest absolute Gasteiger partial charge is 0.481 e. The molecule has 0 amide bonds. The SMILES string of the molecule is COCc1nc2ccccc2n1CCCC(=O)O. The van der Waals surface area contributed by atoms with Gasteiger partial charge in [-0.3, -0.25) is 4.79 Å². The van der Waals surface area contributed by atoms with Crippen molar-refractivity contribution in [3.05, 3.63) is 30.1 Å². The number of aliphatic carboxylic acids is 1. The molecule has 0 aliphatic carbocycles. The van der Waals surface area contributed by atoms with Gasteiger partial charge in [0.1, 0.15) is 12.4 Å². The zero-order valence-electron chi connectivity index (χ0n) is 10.3. The minimum Gasteiger partial charge on any atom is -0.481 e. The van der Waals surface area contributed by atoms with Crippen LogP contribution in [0.1, 0.15) is 18.7 Å². The van der Waals surface area contributed by atoms with E-state index in [9.17, 15) is 4.79 Å². The fraction of sp³-hybridized carbons (Fsp3) is 0.385. The lowest BCUT2D eigenvalue weighted by Crippen LogP contribution is -2.06. The van der Waals surface area contributed by atoms with Crippen LogP contribution in [-0.2, 0) is 22.7 Å². The van der Waals surface area contributed by atoms with E-state index in [1.807, 2.05) is 28.8 Å². The summed E-state index contributed by atoms with van der Waals surface area (Å²) in [7, 11) is 1.63. The summed E-state index contributed by atoms with van der Waals surface area (Å²) in [5.41, 5.74) is 1.94. The molecule has 2 rings (SSSR count). The average Bonchev–Trinajstić information content (AvgIpc) is 2.68. The second-order valence-electron chi connectivity index (χ2n) is 4.10. The number of benzene rings is 1. The van der Waals surface area contributed by atoms with E-state index >= 15 is 0 Å². The number of fused-ring (bicyclic) bond motifs is 1. The van der Waals surface area contributed by atoms with Crippen molar-refractivity contribution in [2.45, 2.75) is 26.0 Å². The van der Waals surface area contributed by atoms with Crippen molar-refractivity contribution in [1.29, 1.82) is 0 Å². The fourth-order valence-corrected chi connectivity index (χ4v) is 2.00. The second kappa shape index (κ2) is 5.64. The van der Waals surface area contributed by atoms with Crippen molar-refractivity contribution >= 4 is 17.0 Å². The number of ether oxygens (including phenoxy) is 1. The highest BCUT2D eigenvalue weighted by Crippen LogP contribution is 2.17. The molecule has 18 heavy (non-hydrogen) atoms. The molecule has 5 heteroatoms. The van der Waals surface area contributed by atoms with E-state index in [2.05, 4.69) is 4.98 Å². The van der Waals surface area contributed by atoms with E-state index < -0.39 is 5.97 Å². The van der Waals surface area contributed by atoms with Gasteiger partial charge in [0.05, 0.1) is 11.0 Å². The molecular weight excluding hydrogens is 232 g/mol. The van der Waals surface area contributed by atoms with Gasteiger partial charge in [0.2, 0.25) is 0 Å². The van der Waals surface area contributed by atoms with Crippen LogP contribution in [0, 0.1) is 0 Å². The smallest absolute Gasteiger partial charge is 0.303 e. The number of aromatic nitrogens is 2. The number of rotatable bonds is 6. The lowest BCUT2D eigenvalue weighted by molar-refractivity contribution is -0.137. The molecule has 1 aromatic carbocycles. The fourth-order valence-electron chi connectivity index (χ4n) is 2.00. The van der Waals surface area contributed by atoms with E-state index in [1.165, 1.54) is 0 Å². The molecule has 0 radical (unpaired) electrons. The normalized spacial score (nSPS) is 10.9. The summed E-state index contributed by atoms with van der Waals surface area (Å²) in [6.07, 6.45) is 0.755. The van der Waals surface area contributed by atoms with Gasteiger partial charge in [0.25, 0.3) is 0 Å². The van der Waals surface area contributed by atoms with E-state index in [4.69, 9.17) is 9.84 Å². The number of carbonyl (C=O) groups is 1. The summed E-state index contributed by atoms with van der Waals surface area (Å²) in [4.78, 5) is 15.0. The number of para-hydroxylation sites is 2. The third-order valence-corrected chi connectivity index (χ3v) is 2.78. The average molecular weight is 248 g/mol. The van der Waals surface area contributed by atoms with Crippen molar-refractivity contribution in [1.82, 2.24) is 9.55 Å². The second-order valence-corrected chi connectivity index (χ2v) is 4.10. The summed E-state index contributed by atoms with van der Waals surface area (Å²) >= 11 is 0. The number of aryl methyl sites for hydroxylation is 1. The van der Waals surface area contributed by atoms with Crippen LogP contribution in [0.4, 0.5) is 0 Å². The zero-order chi connectivity index (χ0) is 13.0. The van der Waals surface area contributed by atoms with Crippen LogP contribution >= 0.6 is 0 Å².